The van der Waals surface area contributed by atoms with Gasteiger partial charge >= 0.3 is 0 Å². The van der Waals surface area contributed by atoms with Gasteiger partial charge < -0.3 is 19.9 Å². The van der Waals surface area contributed by atoms with E-state index in [4.69, 9.17) is 9.47 Å². The van der Waals surface area contributed by atoms with Gasteiger partial charge in [0.15, 0.2) is 0 Å². The molecule has 3 atom stereocenters. The minimum atomic E-state index is -0.512. The molecule has 0 bridgehead atoms. The van der Waals surface area contributed by atoms with Crippen LogP contribution in [-0.2, 0) is 0 Å². The zero-order valence-corrected chi connectivity index (χ0v) is 15.7. The number of hydrogen-bond donors (Lipinski definition) is 2. The summed E-state index contributed by atoms with van der Waals surface area (Å²) in [5.74, 6) is 1.78. The van der Waals surface area contributed by atoms with Crippen molar-refractivity contribution in [3.8, 4) is 11.5 Å². The van der Waals surface area contributed by atoms with Crippen LogP contribution in [0.5, 0.6) is 11.5 Å². The largest absolute Gasteiger partial charge is 0.492 e. The Hall–Kier alpha value is -2.04. The van der Waals surface area contributed by atoms with Crippen molar-refractivity contribution in [1.82, 2.24) is 5.32 Å². The van der Waals surface area contributed by atoms with Gasteiger partial charge in [-0.2, -0.15) is 0 Å². The van der Waals surface area contributed by atoms with E-state index in [1.807, 2.05) is 62.4 Å². The summed E-state index contributed by atoms with van der Waals surface area (Å²) in [6.07, 6.45) is 2.21. The van der Waals surface area contributed by atoms with E-state index >= 15 is 0 Å². The van der Waals surface area contributed by atoms with Crippen LogP contribution < -0.4 is 14.8 Å². The Bertz CT molecular complexity index is 703. The number of nitrogens with one attached hydrogen (secondary N) is 1. The highest BCUT2D eigenvalue weighted by molar-refractivity contribution is 5.32. The molecule has 0 amide bonds. The van der Waals surface area contributed by atoms with Crippen LogP contribution in [0.1, 0.15) is 30.4 Å². The molecular formula is C22H29NO3. The Kier molecular flexibility index (Phi) is 6.53. The van der Waals surface area contributed by atoms with Gasteiger partial charge in [-0.15, -0.1) is 0 Å². The topological polar surface area (TPSA) is 50.7 Å². The van der Waals surface area contributed by atoms with Crippen molar-refractivity contribution in [1.29, 1.82) is 0 Å². The highest BCUT2D eigenvalue weighted by Crippen LogP contribution is 2.26. The molecule has 4 nitrogen and oxygen atoms in total. The van der Waals surface area contributed by atoms with Gasteiger partial charge in [-0.25, -0.2) is 0 Å². The average molecular weight is 355 g/mol. The van der Waals surface area contributed by atoms with E-state index < -0.39 is 6.10 Å². The predicted octanol–water partition coefficient (Wildman–Crippen LogP) is 3.63. The first kappa shape index (κ1) is 18.7. The fraction of sp³-hybridized carbons (Fsp3) is 0.455. The summed E-state index contributed by atoms with van der Waals surface area (Å²) in [5.41, 5.74) is 2.23. The van der Waals surface area contributed by atoms with Crippen LogP contribution in [0.25, 0.3) is 0 Å². The summed E-state index contributed by atoms with van der Waals surface area (Å²) in [4.78, 5) is 0. The molecule has 2 aromatic carbocycles. The van der Waals surface area contributed by atoms with Crippen molar-refractivity contribution >= 4 is 0 Å². The van der Waals surface area contributed by atoms with Crippen LogP contribution in [0, 0.1) is 13.8 Å². The van der Waals surface area contributed by atoms with Gasteiger partial charge in [-0.1, -0.05) is 36.4 Å². The molecule has 1 saturated carbocycles. The van der Waals surface area contributed by atoms with Crippen LogP contribution >= 0.6 is 0 Å². The van der Waals surface area contributed by atoms with Crippen LogP contribution in [0.3, 0.4) is 0 Å². The predicted molar refractivity (Wildman–Crippen MR) is 104 cm³/mol. The fourth-order valence-electron chi connectivity index (χ4n) is 3.47. The molecule has 1 fully saturated rings. The number of hydrogen-bond acceptors (Lipinski definition) is 4. The van der Waals surface area contributed by atoms with Crippen LogP contribution in [-0.4, -0.2) is 36.5 Å². The van der Waals surface area contributed by atoms with Gasteiger partial charge in [-0.3, -0.25) is 0 Å². The molecule has 0 aliphatic heterocycles. The van der Waals surface area contributed by atoms with Crippen molar-refractivity contribution in [2.45, 2.75) is 51.4 Å². The van der Waals surface area contributed by atoms with Crippen molar-refractivity contribution in [2.24, 2.45) is 0 Å². The van der Waals surface area contributed by atoms with Crippen molar-refractivity contribution < 1.29 is 14.6 Å². The summed E-state index contributed by atoms with van der Waals surface area (Å²) >= 11 is 0. The minimum absolute atomic E-state index is 0.0400. The maximum Gasteiger partial charge on any atom is 0.126 e. The maximum atomic E-state index is 10.7. The Morgan fingerprint density at radius 2 is 1.62 bits per heavy atom. The lowest BCUT2D eigenvalue weighted by Crippen LogP contribution is -2.51. The molecule has 2 aromatic rings. The molecule has 0 aromatic heterocycles. The first-order valence-electron chi connectivity index (χ1n) is 9.47. The molecule has 140 valence electrons. The number of para-hydroxylation sites is 2. The molecule has 0 saturated heterocycles. The third-order valence-electron chi connectivity index (χ3n) is 5.03. The van der Waals surface area contributed by atoms with E-state index in [-0.39, 0.29) is 12.1 Å². The van der Waals surface area contributed by atoms with Gasteiger partial charge in [0.1, 0.15) is 30.3 Å². The van der Waals surface area contributed by atoms with Crippen molar-refractivity contribution in [2.75, 3.05) is 13.2 Å². The molecule has 1 aliphatic carbocycles. The smallest absolute Gasteiger partial charge is 0.126 e. The summed E-state index contributed by atoms with van der Waals surface area (Å²) in [6, 6.07) is 16.0. The van der Waals surface area contributed by atoms with Gasteiger partial charge in [0, 0.05) is 12.6 Å². The second-order valence-corrected chi connectivity index (χ2v) is 7.02. The van der Waals surface area contributed by atoms with Gasteiger partial charge in [0.2, 0.25) is 0 Å². The van der Waals surface area contributed by atoms with E-state index in [0.717, 1.165) is 41.9 Å². The van der Waals surface area contributed by atoms with Crippen molar-refractivity contribution in [3.63, 3.8) is 0 Å². The maximum absolute atomic E-state index is 10.7. The second-order valence-electron chi connectivity index (χ2n) is 7.02. The number of benzene rings is 2. The molecule has 4 heteroatoms. The van der Waals surface area contributed by atoms with E-state index in [1.54, 1.807) is 0 Å². The zero-order valence-electron chi connectivity index (χ0n) is 15.7. The summed E-state index contributed by atoms with van der Waals surface area (Å²) in [6.45, 7) is 5.36. The Morgan fingerprint density at radius 3 is 2.31 bits per heavy atom. The number of ether oxygens (including phenoxy) is 2. The highest BCUT2D eigenvalue weighted by atomic mass is 16.5. The number of aliphatic hydroxyl groups excluding tert-OH is 1. The molecule has 1 aliphatic rings. The normalized spacial score (nSPS) is 22.8. The Labute approximate surface area is 156 Å². The third kappa shape index (κ3) is 4.77. The van der Waals surface area contributed by atoms with Gasteiger partial charge in [-0.05, 0) is 56.4 Å². The summed E-state index contributed by atoms with van der Waals surface area (Å²) in [5, 5.41) is 14.1. The van der Waals surface area contributed by atoms with E-state index in [0.29, 0.717) is 13.2 Å². The number of aryl methyl sites for hydroxylation is 2. The molecule has 0 unspecified atom stereocenters. The lowest BCUT2D eigenvalue weighted by Gasteiger charge is -2.35. The minimum Gasteiger partial charge on any atom is -0.492 e. The van der Waals surface area contributed by atoms with E-state index in [2.05, 4.69) is 5.32 Å². The quantitative estimate of drug-likeness (QED) is 0.745. The number of rotatable bonds is 7. The SMILES string of the molecule is Cc1ccccc1OCCN[C@H]1CCC[C@@H](Oc2ccccc2C)[C@@H]1O. The van der Waals surface area contributed by atoms with Gasteiger partial charge in [0.05, 0.1) is 0 Å². The molecule has 26 heavy (non-hydrogen) atoms. The van der Waals surface area contributed by atoms with E-state index in [1.165, 1.54) is 0 Å². The van der Waals surface area contributed by atoms with Crippen LogP contribution in [0.15, 0.2) is 48.5 Å². The van der Waals surface area contributed by atoms with E-state index in [9.17, 15) is 5.11 Å². The molecule has 2 N–H and O–H groups in total. The first-order valence-corrected chi connectivity index (χ1v) is 9.47. The van der Waals surface area contributed by atoms with Crippen LogP contribution in [0.2, 0.25) is 0 Å². The second kappa shape index (κ2) is 9.06. The Morgan fingerprint density at radius 1 is 0.962 bits per heavy atom. The fourth-order valence-corrected chi connectivity index (χ4v) is 3.47. The zero-order chi connectivity index (χ0) is 18.4. The third-order valence-corrected chi connectivity index (χ3v) is 5.03. The lowest BCUT2D eigenvalue weighted by molar-refractivity contribution is -0.0161. The number of aliphatic hydroxyl groups is 1. The average Bonchev–Trinajstić information content (AvgIpc) is 2.64. The molecule has 0 radical (unpaired) electrons. The highest BCUT2D eigenvalue weighted by Gasteiger charge is 2.33. The van der Waals surface area contributed by atoms with Crippen molar-refractivity contribution in [3.05, 3.63) is 59.7 Å². The molecule has 0 heterocycles. The summed E-state index contributed by atoms with van der Waals surface area (Å²) in [7, 11) is 0. The monoisotopic (exact) mass is 355 g/mol. The van der Waals surface area contributed by atoms with Gasteiger partial charge in [0.25, 0.3) is 0 Å². The summed E-state index contributed by atoms with van der Waals surface area (Å²) < 4.78 is 11.9. The standard InChI is InChI=1S/C22H29NO3/c1-16-8-3-5-11-19(16)25-15-14-23-18-10-7-13-21(22(18)24)26-20-12-6-4-9-17(20)2/h3-6,8-9,11-12,18,21-24H,7,10,13-15H2,1-2H3/t18-,21+,22+/m0/s1. The molecule has 3 rings (SSSR count). The lowest BCUT2D eigenvalue weighted by atomic mass is 9.90. The first-order chi connectivity index (χ1) is 12.6. The molecular weight excluding hydrogens is 326 g/mol. The molecule has 0 spiro atoms. The Balaban J connectivity index is 1.48. The van der Waals surface area contributed by atoms with Crippen LogP contribution in [0.4, 0.5) is 0 Å².